The van der Waals surface area contributed by atoms with E-state index in [2.05, 4.69) is 29.6 Å². The number of rotatable bonds is 4. The summed E-state index contributed by atoms with van der Waals surface area (Å²) in [5, 5.41) is 4.07. The van der Waals surface area contributed by atoms with Gasteiger partial charge in [0, 0.05) is 10.6 Å². The average molecular weight is 276 g/mol. The molecule has 0 aromatic heterocycles. The van der Waals surface area contributed by atoms with Crippen molar-refractivity contribution in [2.75, 3.05) is 0 Å². The van der Waals surface area contributed by atoms with Crippen LogP contribution in [0, 0.1) is 6.92 Å². The second-order valence-electron chi connectivity index (χ2n) is 4.93. The van der Waals surface area contributed by atoms with Crippen LogP contribution in [0.3, 0.4) is 0 Å². The van der Waals surface area contributed by atoms with Gasteiger partial charge in [-0.3, -0.25) is 4.79 Å². The number of nitrogens with one attached hydrogen (secondary N) is 1. The van der Waals surface area contributed by atoms with Crippen LogP contribution in [-0.2, 0) is 4.79 Å². The van der Waals surface area contributed by atoms with Crippen LogP contribution in [0.2, 0.25) is 0 Å². The minimum atomic E-state index is -0.131. The number of nitrogens with zero attached hydrogens (tertiary/aromatic N) is 1. The summed E-state index contributed by atoms with van der Waals surface area (Å²) in [6, 6.07) is 8.22. The largest absolute Gasteiger partial charge is 0.272 e. The van der Waals surface area contributed by atoms with Crippen molar-refractivity contribution in [3.63, 3.8) is 0 Å². The van der Waals surface area contributed by atoms with Gasteiger partial charge in [0.25, 0.3) is 5.91 Å². The van der Waals surface area contributed by atoms with E-state index in [-0.39, 0.29) is 11.2 Å². The van der Waals surface area contributed by atoms with Gasteiger partial charge >= 0.3 is 0 Å². The molecule has 1 aromatic carbocycles. The van der Waals surface area contributed by atoms with Crippen molar-refractivity contribution in [3.8, 4) is 0 Å². The van der Waals surface area contributed by atoms with Crippen LogP contribution in [-0.4, -0.2) is 16.9 Å². The topological polar surface area (TPSA) is 41.5 Å². The maximum absolute atomic E-state index is 11.9. The molecule has 1 aliphatic rings. The molecule has 1 amide bonds. The van der Waals surface area contributed by atoms with Crippen molar-refractivity contribution >= 4 is 23.4 Å². The summed E-state index contributed by atoms with van der Waals surface area (Å²) < 4.78 is 0. The number of benzene rings is 1. The molecular weight excluding hydrogens is 256 g/mol. The first kappa shape index (κ1) is 14.1. The number of hydrazone groups is 1. The third-order valence-corrected chi connectivity index (χ3v) is 4.32. The highest BCUT2D eigenvalue weighted by atomic mass is 32.2. The first-order valence-electron chi connectivity index (χ1n) is 6.74. The van der Waals surface area contributed by atoms with Gasteiger partial charge in [0.1, 0.15) is 0 Å². The van der Waals surface area contributed by atoms with Crippen LogP contribution in [0.25, 0.3) is 0 Å². The van der Waals surface area contributed by atoms with Gasteiger partial charge in [0.05, 0.1) is 5.25 Å². The first-order chi connectivity index (χ1) is 9.15. The second-order valence-corrected chi connectivity index (χ2v) is 6.35. The third-order valence-electron chi connectivity index (χ3n) is 3.21. The molecule has 1 N–H and O–H groups in total. The van der Waals surface area contributed by atoms with Crippen LogP contribution >= 0.6 is 11.8 Å². The maximum atomic E-state index is 11.9. The lowest BCUT2D eigenvalue weighted by Crippen LogP contribution is -2.27. The highest BCUT2D eigenvalue weighted by molar-refractivity contribution is 8.00. The Hall–Kier alpha value is -1.29. The summed E-state index contributed by atoms with van der Waals surface area (Å²) in [7, 11) is 0. The van der Waals surface area contributed by atoms with Crippen molar-refractivity contribution < 1.29 is 4.79 Å². The van der Waals surface area contributed by atoms with Crippen LogP contribution in [0.15, 0.2) is 34.3 Å². The maximum Gasteiger partial charge on any atom is 0.253 e. The molecule has 1 saturated carbocycles. The Morgan fingerprint density at radius 3 is 2.53 bits per heavy atom. The predicted molar refractivity (Wildman–Crippen MR) is 80.5 cm³/mol. The van der Waals surface area contributed by atoms with Gasteiger partial charge in [-0.2, -0.15) is 5.10 Å². The van der Waals surface area contributed by atoms with Gasteiger partial charge in [0.2, 0.25) is 0 Å². The van der Waals surface area contributed by atoms with Crippen LogP contribution in [0.1, 0.15) is 38.2 Å². The quantitative estimate of drug-likeness (QED) is 0.675. The summed E-state index contributed by atoms with van der Waals surface area (Å²) in [6.45, 7) is 3.97. The molecule has 3 nitrogen and oxygen atoms in total. The fraction of sp³-hybridized carbons (Fsp3) is 0.467. The van der Waals surface area contributed by atoms with Crippen LogP contribution in [0.4, 0.5) is 0 Å². The lowest BCUT2D eigenvalue weighted by atomic mass is 10.2. The minimum Gasteiger partial charge on any atom is -0.272 e. The van der Waals surface area contributed by atoms with E-state index in [1.54, 1.807) is 11.8 Å². The molecule has 102 valence electrons. The molecular formula is C15H20N2OS. The Morgan fingerprint density at radius 1 is 1.26 bits per heavy atom. The smallest absolute Gasteiger partial charge is 0.253 e. The van der Waals surface area contributed by atoms with E-state index in [0.29, 0.717) is 0 Å². The molecule has 2 rings (SSSR count). The first-order valence-corrected chi connectivity index (χ1v) is 7.62. The molecule has 0 radical (unpaired) electrons. The average Bonchev–Trinajstić information content (AvgIpc) is 2.91. The zero-order valence-electron chi connectivity index (χ0n) is 11.5. The van der Waals surface area contributed by atoms with Gasteiger partial charge in [0.15, 0.2) is 0 Å². The molecule has 19 heavy (non-hydrogen) atoms. The van der Waals surface area contributed by atoms with Gasteiger partial charge in [-0.05, 0) is 51.7 Å². The lowest BCUT2D eigenvalue weighted by molar-refractivity contribution is -0.120. The van der Waals surface area contributed by atoms with E-state index in [4.69, 9.17) is 0 Å². The molecule has 1 aromatic rings. The molecule has 0 heterocycles. The lowest BCUT2D eigenvalue weighted by Gasteiger charge is -2.10. The SMILES string of the molecule is Cc1ccc(S[C@@H](C)C(=O)NN=C2CCCC2)cc1. The van der Waals surface area contributed by atoms with Gasteiger partial charge in [-0.25, -0.2) is 5.43 Å². The molecule has 4 heteroatoms. The molecule has 1 atom stereocenters. The summed E-state index contributed by atoms with van der Waals surface area (Å²) in [4.78, 5) is 13.0. The summed E-state index contributed by atoms with van der Waals surface area (Å²) in [5.41, 5.74) is 5.04. The van der Waals surface area contributed by atoms with E-state index >= 15 is 0 Å². The molecule has 0 bridgehead atoms. The summed E-state index contributed by atoms with van der Waals surface area (Å²) >= 11 is 1.56. The number of hydrogen-bond donors (Lipinski definition) is 1. The van der Waals surface area contributed by atoms with E-state index < -0.39 is 0 Å². The second kappa shape index (κ2) is 6.75. The Morgan fingerprint density at radius 2 is 1.89 bits per heavy atom. The number of thioether (sulfide) groups is 1. The zero-order valence-corrected chi connectivity index (χ0v) is 12.3. The van der Waals surface area contributed by atoms with E-state index in [1.165, 1.54) is 18.4 Å². The highest BCUT2D eigenvalue weighted by Gasteiger charge is 2.15. The summed E-state index contributed by atoms with van der Waals surface area (Å²) in [5.74, 6) is -0.0232. The van der Waals surface area contributed by atoms with Crippen LogP contribution in [0.5, 0.6) is 0 Å². The monoisotopic (exact) mass is 276 g/mol. The van der Waals surface area contributed by atoms with E-state index in [1.807, 2.05) is 19.1 Å². The van der Waals surface area contributed by atoms with Crippen molar-refractivity contribution in [1.82, 2.24) is 5.43 Å². The Balaban J connectivity index is 1.85. The number of carbonyl (C=O) groups excluding carboxylic acids is 1. The molecule has 0 unspecified atom stereocenters. The molecule has 0 spiro atoms. The zero-order chi connectivity index (χ0) is 13.7. The molecule has 0 aliphatic heterocycles. The number of carbonyl (C=O) groups is 1. The number of amides is 1. The van der Waals surface area contributed by atoms with Crippen molar-refractivity contribution in [2.45, 2.75) is 49.7 Å². The number of aryl methyl sites for hydroxylation is 1. The van der Waals surface area contributed by atoms with E-state index in [0.717, 1.165) is 23.4 Å². The summed E-state index contributed by atoms with van der Waals surface area (Å²) in [6.07, 6.45) is 4.45. The van der Waals surface area contributed by atoms with E-state index in [9.17, 15) is 4.79 Å². The van der Waals surface area contributed by atoms with Crippen molar-refractivity contribution in [2.24, 2.45) is 5.10 Å². The predicted octanol–water partition coefficient (Wildman–Crippen LogP) is 3.52. The van der Waals surface area contributed by atoms with Gasteiger partial charge in [-0.15, -0.1) is 11.8 Å². The molecule has 1 aliphatic carbocycles. The Bertz CT molecular complexity index is 460. The minimum absolute atomic E-state index is 0.0232. The van der Waals surface area contributed by atoms with Gasteiger partial charge in [-0.1, -0.05) is 17.7 Å². The van der Waals surface area contributed by atoms with Gasteiger partial charge < -0.3 is 0 Å². The van der Waals surface area contributed by atoms with Crippen molar-refractivity contribution in [1.29, 1.82) is 0 Å². The molecule has 0 saturated heterocycles. The standard InChI is InChI=1S/C15H20N2OS/c1-11-7-9-14(10-8-11)19-12(2)15(18)17-16-13-5-3-4-6-13/h7-10,12H,3-6H2,1-2H3,(H,17,18)/t12-/m0/s1. The highest BCUT2D eigenvalue weighted by Crippen LogP contribution is 2.23. The van der Waals surface area contributed by atoms with Crippen molar-refractivity contribution in [3.05, 3.63) is 29.8 Å². The Kier molecular flexibility index (Phi) is 5.02. The Labute approximate surface area is 118 Å². The fourth-order valence-corrected chi connectivity index (χ4v) is 2.86. The number of hydrogen-bond acceptors (Lipinski definition) is 3. The third kappa shape index (κ3) is 4.39. The fourth-order valence-electron chi connectivity index (χ4n) is 1.99. The normalized spacial score (nSPS) is 16.2. The molecule has 1 fully saturated rings. The van der Waals surface area contributed by atoms with Crippen LogP contribution < -0.4 is 5.43 Å².